The molecule has 0 aliphatic carbocycles. The van der Waals surface area contributed by atoms with Crippen molar-refractivity contribution in [3.63, 3.8) is 0 Å². The van der Waals surface area contributed by atoms with Gasteiger partial charge in [-0.2, -0.15) is 15.0 Å². The van der Waals surface area contributed by atoms with Crippen molar-refractivity contribution >= 4 is 17.8 Å². The minimum Gasteiger partial charge on any atom is -0.485 e. The van der Waals surface area contributed by atoms with Crippen molar-refractivity contribution < 1.29 is 9.53 Å². The van der Waals surface area contributed by atoms with Crippen LogP contribution in [-0.2, 0) is 6.61 Å². The van der Waals surface area contributed by atoms with E-state index in [9.17, 15) is 4.79 Å². The van der Waals surface area contributed by atoms with E-state index in [4.69, 9.17) is 16.2 Å². The van der Waals surface area contributed by atoms with Crippen molar-refractivity contribution in [1.29, 1.82) is 0 Å². The van der Waals surface area contributed by atoms with E-state index in [0.29, 0.717) is 23.1 Å². The smallest absolute Gasteiger partial charge is 0.252 e. The Hall–Kier alpha value is -2.90. The number of carbonyl (C=O) groups is 1. The maximum Gasteiger partial charge on any atom is 0.252 e. The lowest BCUT2D eigenvalue weighted by molar-refractivity contribution is 0.0995. The van der Waals surface area contributed by atoms with Crippen LogP contribution in [0.25, 0.3) is 0 Å². The van der Waals surface area contributed by atoms with Crippen molar-refractivity contribution in [2.45, 2.75) is 6.61 Å². The normalized spacial score (nSPS) is 10.2. The van der Waals surface area contributed by atoms with Gasteiger partial charge < -0.3 is 21.1 Å². The van der Waals surface area contributed by atoms with Gasteiger partial charge in [0.25, 0.3) is 5.91 Å². The first kappa shape index (κ1) is 14.5. The lowest BCUT2D eigenvalue weighted by atomic mass is 10.2. The Morgan fingerprint density at radius 1 is 1.24 bits per heavy atom. The van der Waals surface area contributed by atoms with Crippen LogP contribution < -0.4 is 21.1 Å². The number of para-hydroxylation sites is 1. The number of primary amides is 1. The molecule has 21 heavy (non-hydrogen) atoms. The average Bonchev–Trinajstić information content (AvgIpc) is 2.44. The van der Waals surface area contributed by atoms with Crippen LogP contribution in [0.15, 0.2) is 24.3 Å². The molecule has 0 atom stereocenters. The van der Waals surface area contributed by atoms with Crippen molar-refractivity contribution in [2.24, 2.45) is 5.73 Å². The van der Waals surface area contributed by atoms with Crippen molar-refractivity contribution in [1.82, 2.24) is 15.0 Å². The summed E-state index contributed by atoms with van der Waals surface area (Å²) in [5.74, 6) is 0.718. The number of hydrogen-bond acceptors (Lipinski definition) is 7. The van der Waals surface area contributed by atoms with Gasteiger partial charge in [0.2, 0.25) is 11.9 Å². The number of amides is 1. The Labute approximate surface area is 121 Å². The summed E-state index contributed by atoms with van der Waals surface area (Å²) in [4.78, 5) is 25.2. The van der Waals surface area contributed by atoms with Crippen molar-refractivity contribution in [3.8, 4) is 5.75 Å². The third-order valence-corrected chi connectivity index (χ3v) is 2.60. The van der Waals surface area contributed by atoms with Crippen molar-refractivity contribution in [3.05, 3.63) is 35.7 Å². The maximum absolute atomic E-state index is 11.3. The zero-order valence-corrected chi connectivity index (χ0v) is 11.8. The summed E-state index contributed by atoms with van der Waals surface area (Å²) in [7, 11) is 3.59. The number of anilines is 2. The number of nitrogens with two attached hydrogens (primary N) is 2. The minimum atomic E-state index is -0.560. The van der Waals surface area contributed by atoms with Gasteiger partial charge in [-0.3, -0.25) is 4.79 Å². The molecule has 1 heterocycles. The fraction of sp³-hybridized carbons (Fsp3) is 0.231. The molecule has 0 aliphatic rings. The highest BCUT2D eigenvalue weighted by molar-refractivity contribution is 5.95. The molecular formula is C13H16N6O2. The molecule has 0 unspecified atom stereocenters. The molecule has 2 aromatic rings. The zero-order chi connectivity index (χ0) is 15.4. The number of nitrogen functional groups attached to an aromatic ring is 1. The van der Waals surface area contributed by atoms with Gasteiger partial charge in [0.1, 0.15) is 12.4 Å². The Morgan fingerprint density at radius 2 is 1.95 bits per heavy atom. The second kappa shape index (κ2) is 6.04. The molecule has 1 amide bonds. The molecule has 0 aliphatic heterocycles. The van der Waals surface area contributed by atoms with Gasteiger partial charge in [0, 0.05) is 14.1 Å². The standard InChI is InChI=1S/C13H16N6O2/c1-19(2)13-17-10(16-12(15)18-13)7-21-9-6-4-3-5-8(9)11(14)20/h3-6H,7H2,1-2H3,(H2,14,20)(H2,15,16,17,18). The molecule has 1 aromatic carbocycles. The molecule has 110 valence electrons. The zero-order valence-electron chi connectivity index (χ0n) is 11.8. The fourth-order valence-corrected chi connectivity index (χ4v) is 1.63. The van der Waals surface area contributed by atoms with Gasteiger partial charge in [0.05, 0.1) is 5.56 Å². The topological polar surface area (TPSA) is 120 Å². The number of hydrogen-bond donors (Lipinski definition) is 2. The Kier molecular flexibility index (Phi) is 4.17. The third-order valence-electron chi connectivity index (χ3n) is 2.60. The Balaban J connectivity index is 2.19. The van der Waals surface area contributed by atoms with Crippen LogP contribution in [0.3, 0.4) is 0 Å². The fourth-order valence-electron chi connectivity index (χ4n) is 1.63. The number of benzene rings is 1. The quantitative estimate of drug-likeness (QED) is 0.806. The molecule has 8 nitrogen and oxygen atoms in total. The highest BCUT2D eigenvalue weighted by Gasteiger charge is 2.11. The SMILES string of the molecule is CN(C)c1nc(N)nc(COc2ccccc2C(N)=O)n1. The molecule has 4 N–H and O–H groups in total. The predicted molar refractivity (Wildman–Crippen MR) is 77.9 cm³/mol. The van der Waals surface area contributed by atoms with Gasteiger partial charge in [-0.15, -0.1) is 0 Å². The van der Waals surface area contributed by atoms with Crippen molar-refractivity contribution in [2.75, 3.05) is 24.7 Å². The van der Waals surface area contributed by atoms with Crippen LogP contribution in [0, 0.1) is 0 Å². The third kappa shape index (κ3) is 3.56. The first-order valence-corrected chi connectivity index (χ1v) is 6.16. The lowest BCUT2D eigenvalue weighted by Crippen LogP contribution is -2.17. The van der Waals surface area contributed by atoms with Crippen LogP contribution in [0.5, 0.6) is 5.75 Å². The van der Waals surface area contributed by atoms with Crippen LogP contribution in [-0.4, -0.2) is 35.0 Å². The Bertz CT molecular complexity index is 659. The Morgan fingerprint density at radius 3 is 2.62 bits per heavy atom. The molecule has 0 saturated heterocycles. The summed E-state index contributed by atoms with van der Waals surface area (Å²) in [6.07, 6.45) is 0. The molecule has 0 spiro atoms. The number of nitrogens with zero attached hydrogens (tertiary/aromatic N) is 4. The molecular weight excluding hydrogens is 272 g/mol. The van der Waals surface area contributed by atoms with E-state index in [1.54, 1.807) is 43.3 Å². The second-order valence-corrected chi connectivity index (χ2v) is 4.45. The second-order valence-electron chi connectivity index (χ2n) is 4.45. The van der Waals surface area contributed by atoms with E-state index >= 15 is 0 Å². The molecule has 8 heteroatoms. The van der Waals surface area contributed by atoms with Gasteiger partial charge in [-0.25, -0.2) is 0 Å². The van der Waals surface area contributed by atoms with E-state index < -0.39 is 5.91 Å². The van der Waals surface area contributed by atoms with E-state index in [0.717, 1.165) is 0 Å². The molecule has 1 aromatic heterocycles. The number of aromatic nitrogens is 3. The summed E-state index contributed by atoms with van der Waals surface area (Å²) in [6, 6.07) is 6.69. The highest BCUT2D eigenvalue weighted by atomic mass is 16.5. The van der Waals surface area contributed by atoms with E-state index in [1.807, 2.05) is 0 Å². The first-order valence-electron chi connectivity index (χ1n) is 6.16. The first-order chi connectivity index (χ1) is 9.97. The molecule has 2 rings (SSSR count). The van der Waals surface area contributed by atoms with Crippen LogP contribution >= 0.6 is 0 Å². The molecule has 0 radical (unpaired) electrons. The lowest BCUT2D eigenvalue weighted by Gasteiger charge is -2.12. The van der Waals surface area contributed by atoms with Gasteiger partial charge in [0.15, 0.2) is 5.82 Å². The number of rotatable bonds is 5. The summed E-state index contributed by atoms with van der Waals surface area (Å²) in [6.45, 7) is 0.0534. The average molecular weight is 288 g/mol. The number of ether oxygens (including phenoxy) is 1. The summed E-state index contributed by atoms with van der Waals surface area (Å²) in [5, 5.41) is 0. The largest absolute Gasteiger partial charge is 0.485 e. The molecule has 0 saturated carbocycles. The van der Waals surface area contributed by atoms with Crippen LogP contribution in [0.2, 0.25) is 0 Å². The molecule has 0 bridgehead atoms. The maximum atomic E-state index is 11.3. The summed E-state index contributed by atoms with van der Waals surface area (Å²) < 4.78 is 5.55. The van der Waals surface area contributed by atoms with E-state index in [2.05, 4.69) is 15.0 Å². The van der Waals surface area contributed by atoms with Crippen LogP contribution in [0.4, 0.5) is 11.9 Å². The van der Waals surface area contributed by atoms with Gasteiger partial charge in [-0.1, -0.05) is 12.1 Å². The molecule has 0 fully saturated rings. The number of carbonyl (C=O) groups excluding carboxylic acids is 1. The van der Waals surface area contributed by atoms with Gasteiger partial charge >= 0.3 is 0 Å². The minimum absolute atomic E-state index is 0.0534. The van der Waals surface area contributed by atoms with Gasteiger partial charge in [-0.05, 0) is 12.1 Å². The predicted octanol–water partition coefficient (Wildman–Crippen LogP) is 0.198. The monoisotopic (exact) mass is 288 g/mol. The summed E-state index contributed by atoms with van der Waals surface area (Å²) in [5.41, 5.74) is 11.2. The highest BCUT2D eigenvalue weighted by Crippen LogP contribution is 2.18. The van der Waals surface area contributed by atoms with E-state index in [1.165, 1.54) is 0 Å². The van der Waals surface area contributed by atoms with E-state index in [-0.39, 0.29) is 12.6 Å². The summed E-state index contributed by atoms with van der Waals surface area (Å²) >= 11 is 0. The van der Waals surface area contributed by atoms with Crippen LogP contribution in [0.1, 0.15) is 16.2 Å².